The maximum atomic E-state index is 11.9. The molecule has 4 unspecified atom stereocenters. The fourth-order valence-corrected chi connectivity index (χ4v) is 2.65. The molecule has 0 saturated carbocycles. The third-order valence-corrected chi connectivity index (χ3v) is 4.27. The summed E-state index contributed by atoms with van der Waals surface area (Å²) in [4.78, 5) is 11.9. The second-order valence-electron chi connectivity index (χ2n) is 6.13. The van der Waals surface area contributed by atoms with Crippen LogP contribution in [0.25, 0.3) is 0 Å². The molecule has 1 amide bonds. The number of ether oxygens (including phenoxy) is 1. The molecule has 4 atom stereocenters. The molecular weight excluding hydrogens is 286 g/mol. The summed E-state index contributed by atoms with van der Waals surface area (Å²) in [5, 5.41) is 2.84. The Morgan fingerprint density at radius 3 is 2.65 bits per heavy atom. The second kappa shape index (κ2) is 10.9. The van der Waals surface area contributed by atoms with Gasteiger partial charge in [-0.3, -0.25) is 0 Å². The van der Waals surface area contributed by atoms with Crippen molar-refractivity contribution in [3.05, 3.63) is 48.6 Å². The Labute approximate surface area is 141 Å². The molecular formula is C20H31NO2. The minimum absolute atomic E-state index is 0.178. The van der Waals surface area contributed by atoms with Gasteiger partial charge in [0.05, 0.1) is 0 Å². The Kier molecular flexibility index (Phi) is 9.11. The van der Waals surface area contributed by atoms with E-state index in [0.717, 1.165) is 6.42 Å². The Morgan fingerprint density at radius 1 is 1.26 bits per heavy atom. The van der Waals surface area contributed by atoms with Gasteiger partial charge >= 0.3 is 6.09 Å². The third-order valence-electron chi connectivity index (χ3n) is 4.27. The molecule has 0 radical (unpaired) electrons. The Hall–Kier alpha value is -1.77. The molecule has 0 fully saturated rings. The Balaban J connectivity index is 2.59. The molecule has 0 aromatic carbocycles. The minimum atomic E-state index is -0.322. The lowest BCUT2D eigenvalue weighted by Crippen LogP contribution is -2.32. The molecule has 0 aliphatic heterocycles. The highest BCUT2D eigenvalue weighted by Crippen LogP contribution is 2.29. The van der Waals surface area contributed by atoms with E-state index in [4.69, 9.17) is 4.74 Å². The van der Waals surface area contributed by atoms with Crippen LogP contribution in [0.15, 0.2) is 48.6 Å². The van der Waals surface area contributed by atoms with Crippen LogP contribution in [0.3, 0.4) is 0 Å². The predicted molar refractivity (Wildman–Crippen MR) is 97.2 cm³/mol. The van der Waals surface area contributed by atoms with Crippen LogP contribution in [0.1, 0.15) is 34.1 Å². The van der Waals surface area contributed by atoms with Crippen molar-refractivity contribution in [3.63, 3.8) is 0 Å². The maximum Gasteiger partial charge on any atom is 0.407 e. The first kappa shape index (κ1) is 19.3. The van der Waals surface area contributed by atoms with E-state index in [2.05, 4.69) is 61.7 Å². The number of hydrogen-bond donors (Lipinski definition) is 1. The van der Waals surface area contributed by atoms with Gasteiger partial charge in [0, 0.05) is 18.4 Å². The molecule has 128 valence electrons. The first-order valence-corrected chi connectivity index (χ1v) is 8.63. The van der Waals surface area contributed by atoms with E-state index in [1.54, 1.807) is 0 Å². The minimum Gasteiger partial charge on any atom is -0.449 e. The third kappa shape index (κ3) is 6.89. The first-order chi connectivity index (χ1) is 11.1. The summed E-state index contributed by atoms with van der Waals surface area (Å²) in [6, 6.07) is 0. The Bertz CT molecular complexity index is 462. The number of alkyl carbamates (subject to hydrolysis) is 1. The lowest BCUT2D eigenvalue weighted by atomic mass is 9.79. The van der Waals surface area contributed by atoms with Crippen molar-refractivity contribution in [1.29, 1.82) is 0 Å². The zero-order chi connectivity index (χ0) is 17.1. The van der Waals surface area contributed by atoms with Crippen molar-refractivity contribution in [1.82, 2.24) is 5.32 Å². The van der Waals surface area contributed by atoms with Crippen LogP contribution >= 0.6 is 0 Å². The normalized spacial score (nSPS) is 23.3. The standard InChI is InChI=1S/C20H31NO2/c1-5-10-17-12-8-9-13-19(17)18(11-6-2)15-23-20(22)21-14-16(4)7-3/h5-6,8-13,16-19H,7,14-15H2,1-4H3,(H,21,22). The van der Waals surface area contributed by atoms with Gasteiger partial charge < -0.3 is 10.1 Å². The molecule has 1 N–H and O–H groups in total. The van der Waals surface area contributed by atoms with E-state index >= 15 is 0 Å². The average Bonchev–Trinajstić information content (AvgIpc) is 2.57. The second-order valence-corrected chi connectivity index (χ2v) is 6.13. The van der Waals surface area contributed by atoms with Crippen molar-refractivity contribution in [3.8, 4) is 0 Å². The topological polar surface area (TPSA) is 38.3 Å². The summed E-state index contributed by atoms with van der Waals surface area (Å²) in [5.74, 6) is 1.31. The molecule has 23 heavy (non-hydrogen) atoms. The van der Waals surface area contributed by atoms with Crippen LogP contribution in [-0.2, 0) is 4.74 Å². The van der Waals surface area contributed by atoms with Crippen molar-refractivity contribution >= 4 is 6.09 Å². The van der Waals surface area contributed by atoms with Crippen LogP contribution in [-0.4, -0.2) is 19.2 Å². The van der Waals surface area contributed by atoms with E-state index in [1.807, 2.05) is 19.9 Å². The molecule has 1 aliphatic rings. The van der Waals surface area contributed by atoms with E-state index < -0.39 is 0 Å². The SMILES string of the molecule is CC=CC1C=CC=CC1C(C=CC)COC(=O)NCC(C)CC. The number of nitrogens with one attached hydrogen (secondary N) is 1. The number of rotatable bonds is 8. The molecule has 0 bridgehead atoms. The highest BCUT2D eigenvalue weighted by molar-refractivity contribution is 5.67. The summed E-state index contributed by atoms with van der Waals surface area (Å²) in [7, 11) is 0. The Morgan fingerprint density at radius 2 is 2.00 bits per heavy atom. The van der Waals surface area contributed by atoms with Gasteiger partial charge in [-0.05, 0) is 25.7 Å². The van der Waals surface area contributed by atoms with Gasteiger partial charge in [0.25, 0.3) is 0 Å². The number of allylic oxidation sites excluding steroid dienone is 7. The van der Waals surface area contributed by atoms with Gasteiger partial charge in [-0.15, -0.1) is 0 Å². The van der Waals surface area contributed by atoms with Gasteiger partial charge in [0.2, 0.25) is 0 Å². The lowest BCUT2D eigenvalue weighted by Gasteiger charge is -2.28. The lowest BCUT2D eigenvalue weighted by molar-refractivity contribution is 0.123. The van der Waals surface area contributed by atoms with Gasteiger partial charge in [-0.25, -0.2) is 4.79 Å². The molecule has 3 nitrogen and oxygen atoms in total. The summed E-state index contributed by atoms with van der Waals surface area (Å²) in [5.41, 5.74) is 0. The van der Waals surface area contributed by atoms with E-state index in [9.17, 15) is 4.79 Å². The number of hydrogen-bond acceptors (Lipinski definition) is 2. The summed E-state index contributed by atoms with van der Waals surface area (Å²) >= 11 is 0. The fraction of sp³-hybridized carbons (Fsp3) is 0.550. The molecule has 1 rings (SSSR count). The average molecular weight is 317 g/mol. The monoisotopic (exact) mass is 317 g/mol. The van der Waals surface area contributed by atoms with Crippen molar-refractivity contribution < 1.29 is 9.53 Å². The van der Waals surface area contributed by atoms with Crippen LogP contribution in [0, 0.1) is 23.7 Å². The molecule has 0 heterocycles. The zero-order valence-electron chi connectivity index (χ0n) is 14.9. The van der Waals surface area contributed by atoms with Gasteiger partial charge in [-0.1, -0.05) is 68.9 Å². The van der Waals surface area contributed by atoms with Gasteiger partial charge in [-0.2, -0.15) is 0 Å². The first-order valence-electron chi connectivity index (χ1n) is 8.63. The highest BCUT2D eigenvalue weighted by atomic mass is 16.5. The van der Waals surface area contributed by atoms with Crippen LogP contribution in [0.4, 0.5) is 4.79 Å². The molecule has 0 aromatic rings. The van der Waals surface area contributed by atoms with Crippen LogP contribution < -0.4 is 5.32 Å². The fourth-order valence-electron chi connectivity index (χ4n) is 2.65. The molecule has 0 spiro atoms. The molecule has 1 aliphatic carbocycles. The van der Waals surface area contributed by atoms with Crippen molar-refractivity contribution in [2.45, 2.75) is 34.1 Å². The van der Waals surface area contributed by atoms with Crippen LogP contribution in [0.5, 0.6) is 0 Å². The summed E-state index contributed by atoms with van der Waals surface area (Å²) in [6.07, 6.45) is 17.7. The number of carbonyl (C=O) groups excluding carboxylic acids is 1. The predicted octanol–water partition coefficient (Wildman–Crippen LogP) is 4.89. The highest BCUT2D eigenvalue weighted by Gasteiger charge is 2.25. The summed E-state index contributed by atoms with van der Waals surface area (Å²) < 4.78 is 5.45. The van der Waals surface area contributed by atoms with Crippen molar-refractivity contribution in [2.75, 3.05) is 13.2 Å². The van der Waals surface area contributed by atoms with Crippen LogP contribution in [0.2, 0.25) is 0 Å². The molecule has 0 saturated heterocycles. The number of carbonyl (C=O) groups is 1. The zero-order valence-corrected chi connectivity index (χ0v) is 14.9. The van der Waals surface area contributed by atoms with Crippen molar-refractivity contribution in [2.24, 2.45) is 23.7 Å². The van der Waals surface area contributed by atoms with E-state index in [0.29, 0.717) is 30.9 Å². The largest absolute Gasteiger partial charge is 0.449 e. The number of amides is 1. The summed E-state index contributed by atoms with van der Waals surface area (Å²) in [6.45, 7) is 9.33. The molecule has 3 heteroatoms. The van der Waals surface area contributed by atoms with Gasteiger partial charge in [0.1, 0.15) is 6.61 Å². The smallest absolute Gasteiger partial charge is 0.407 e. The van der Waals surface area contributed by atoms with E-state index in [-0.39, 0.29) is 12.0 Å². The maximum absolute atomic E-state index is 11.9. The molecule has 0 aromatic heterocycles. The quantitative estimate of drug-likeness (QED) is 0.648. The van der Waals surface area contributed by atoms with Gasteiger partial charge in [0.15, 0.2) is 0 Å². The van der Waals surface area contributed by atoms with E-state index in [1.165, 1.54) is 0 Å².